The highest BCUT2D eigenvalue weighted by molar-refractivity contribution is 8.00. The number of hydrogen-bond acceptors (Lipinski definition) is 7. The van der Waals surface area contributed by atoms with E-state index in [1.165, 1.54) is 11.3 Å². The van der Waals surface area contributed by atoms with Crippen molar-refractivity contribution in [2.24, 2.45) is 0 Å². The van der Waals surface area contributed by atoms with E-state index in [1.54, 1.807) is 26.0 Å². The molecule has 0 atom stereocenters. The Morgan fingerprint density at radius 1 is 0.912 bits per heavy atom. The summed E-state index contributed by atoms with van der Waals surface area (Å²) in [4.78, 5) is 17.1. The average Bonchev–Trinajstić information content (AvgIpc) is 3.31. The Kier molecular flexibility index (Phi) is 8.06. The molecule has 0 spiro atoms. The number of hydrogen-bond donors (Lipinski definition) is 1. The van der Waals surface area contributed by atoms with Crippen LogP contribution >= 0.6 is 23.1 Å². The molecule has 8 heteroatoms. The van der Waals surface area contributed by atoms with E-state index in [9.17, 15) is 4.79 Å². The lowest BCUT2D eigenvalue weighted by Gasteiger charge is -2.08. The lowest BCUT2D eigenvalue weighted by atomic mass is 10.2. The Morgan fingerprint density at radius 2 is 1.59 bits per heavy atom. The fourth-order valence-electron chi connectivity index (χ4n) is 3.13. The lowest BCUT2D eigenvalue weighted by Crippen LogP contribution is -2.14. The Bertz CT molecular complexity index is 1210. The second kappa shape index (κ2) is 11.6. The van der Waals surface area contributed by atoms with Gasteiger partial charge in [-0.1, -0.05) is 30.0 Å². The molecule has 3 aromatic carbocycles. The van der Waals surface area contributed by atoms with Crippen molar-refractivity contribution >= 4 is 34.7 Å². The second-order valence-electron chi connectivity index (χ2n) is 7.28. The second-order valence-corrected chi connectivity index (χ2v) is 9.36. The van der Waals surface area contributed by atoms with Crippen molar-refractivity contribution in [3.63, 3.8) is 0 Å². The number of carbonyl (C=O) groups is 1. The number of nitrogens with one attached hydrogen (secondary N) is 1. The standard InChI is InChI=1S/C26H24N2O4S2/c1-30-23-12-18(13-24(15-23)31-2)16-33-26-28-20(17-34-26)14-25(29)27-19-8-10-22(11-9-19)32-21-6-4-3-5-7-21/h3-13,15,17H,14,16H2,1-2H3,(H,27,29). The maximum absolute atomic E-state index is 12.5. The maximum Gasteiger partial charge on any atom is 0.230 e. The minimum absolute atomic E-state index is 0.115. The smallest absolute Gasteiger partial charge is 0.230 e. The molecule has 4 rings (SSSR count). The monoisotopic (exact) mass is 492 g/mol. The number of aromatic nitrogens is 1. The molecule has 6 nitrogen and oxygen atoms in total. The highest BCUT2D eigenvalue weighted by atomic mass is 32.2. The molecule has 1 N–H and O–H groups in total. The van der Waals surface area contributed by atoms with Gasteiger partial charge in [0.2, 0.25) is 5.91 Å². The number of thiazole rings is 1. The first-order valence-electron chi connectivity index (χ1n) is 10.5. The molecule has 1 aromatic heterocycles. The maximum atomic E-state index is 12.5. The van der Waals surface area contributed by atoms with Crippen molar-refractivity contribution in [3.8, 4) is 23.0 Å². The topological polar surface area (TPSA) is 69.7 Å². The molecular weight excluding hydrogens is 468 g/mol. The molecule has 0 saturated heterocycles. The van der Waals surface area contributed by atoms with Gasteiger partial charge >= 0.3 is 0 Å². The Hall–Kier alpha value is -3.49. The average molecular weight is 493 g/mol. The van der Waals surface area contributed by atoms with Crippen LogP contribution in [0, 0.1) is 0 Å². The summed E-state index contributed by atoms with van der Waals surface area (Å²) in [6.45, 7) is 0. The van der Waals surface area contributed by atoms with E-state index < -0.39 is 0 Å². The third kappa shape index (κ3) is 6.76. The van der Waals surface area contributed by atoms with Crippen LogP contribution in [0.5, 0.6) is 23.0 Å². The summed E-state index contributed by atoms with van der Waals surface area (Å²) in [6, 6.07) is 22.7. The number of thioether (sulfide) groups is 1. The lowest BCUT2D eigenvalue weighted by molar-refractivity contribution is -0.115. The van der Waals surface area contributed by atoms with Gasteiger partial charge < -0.3 is 19.5 Å². The van der Waals surface area contributed by atoms with Gasteiger partial charge in [0, 0.05) is 22.9 Å². The van der Waals surface area contributed by atoms with Crippen LogP contribution in [0.25, 0.3) is 0 Å². The molecule has 1 amide bonds. The number of carbonyl (C=O) groups excluding carboxylic acids is 1. The number of ether oxygens (including phenoxy) is 3. The van der Waals surface area contributed by atoms with Crippen LogP contribution in [0.2, 0.25) is 0 Å². The van der Waals surface area contributed by atoms with Crippen molar-refractivity contribution in [1.29, 1.82) is 0 Å². The third-order valence-corrected chi connectivity index (χ3v) is 6.90. The van der Waals surface area contributed by atoms with Gasteiger partial charge in [0.15, 0.2) is 0 Å². The predicted molar refractivity (Wildman–Crippen MR) is 137 cm³/mol. The van der Waals surface area contributed by atoms with Crippen LogP contribution in [-0.4, -0.2) is 25.1 Å². The van der Waals surface area contributed by atoms with Gasteiger partial charge in [-0.3, -0.25) is 4.79 Å². The van der Waals surface area contributed by atoms with Crippen LogP contribution in [0.3, 0.4) is 0 Å². The summed E-state index contributed by atoms with van der Waals surface area (Å²) >= 11 is 3.15. The molecule has 34 heavy (non-hydrogen) atoms. The van der Waals surface area contributed by atoms with Crippen molar-refractivity contribution in [3.05, 3.63) is 89.4 Å². The fraction of sp³-hybridized carbons (Fsp3) is 0.154. The van der Waals surface area contributed by atoms with E-state index in [0.29, 0.717) is 11.4 Å². The Labute approximate surface area is 206 Å². The van der Waals surface area contributed by atoms with Gasteiger partial charge in [0.05, 0.1) is 26.3 Å². The van der Waals surface area contributed by atoms with Crippen LogP contribution in [0.4, 0.5) is 5.69 Å². The SMILES string of the molecule is COc1cc(CSc2nc(CC(=O)Nc3ccc(Oc4ccccc4)cc3)cs2)cc(OC)c1. The minimum Gasteiger partial charge on any atom is -0.497 e. The molecule has 4 aromatic rings. The van der Waals surface area contributed by atoms with Crippen LogP contribution in [-0.2, 0) is 17.0 Å². The number of para-hydroxylation sites is 1. The highest BCUT2D eigenvalue weighted by Gasteiger charge is 2.10. The van der Waals surface area contributed by atoms with Crippen molar-refractivity contribution in [2.75, 3.05) is 19.5 Å². The summed E-state index contributed by atoms with van der Waals surface area (Å²) in [5.74, 6) is 3.60. The van der Waals surface area contributed by atoms with Gasteiger partial charge in [-0.2, -0.15) is 0 Å². The van der Waals surface area contributed by atoms with Gasteiger partial charge in [-0.25, -0.2) is 4.98 Å². The van der Waals surface area contributed by atoms with E-state index in [-0.39, 0.29) is 12.3 Å². The number of methoxy groups -OCH3 is 2. The number of amides is 1. The van der Waals surface area contributed by atoms with Crippen LogP contribution in [0.1, 0.15) is 11.3 Å². The summed E-state index contributed by atoms with van der Waals surface area (Å²) in [7, 11) is 3.27. The molecule has 0 aliphatic heterocycles. The molecule has 0 saturated carbocycles. The molecule has 0 unspecified atom stereocenters. The quantitative estimate of drug-likeness (QED) is 0.257. The van der Waals surface area contributed by atoms with Gasteiger partial charge in [0.25, 0.3) is 0 Å². The van der Waals surface area contributed by atoms with Crippen molar-refractivity contribution in [1.82, 2.24) is 4.98 Å². The van der Waals surface area contributed by atoms with Crippen LogP contribution < -0.4 is 19.5 Å². The number of rotatable bonds is 10. The predicted octanol–water partition coefficient (Wildman–Crippen LogP) is 6.43. The highest BCUT2D eigenvalue weighted by Crippen LogP contribution is 2.30. The van der Waals surface area contributed by atoms with Crippen LogP contribution in [0.15, 0.2) is 82.5 Å². The number of nitrogens with zero attached hydrogens (tertiary/aromatic N) is 1. The molecule has 0 fully saturated rings. The summed E-state index contributed by atoms with van der Waals surface area (Å²) < 4.78 is 17.3. The first kappa shape index (κ1) is 23.7. The minimum atomic E-state index is -0.115. The zero-order valence-corrected chi connectivity index (χ0v) is 20.4. The van der Waals surface area contributed by atoms with Crippen molar-refractivity contribution in [2.45, 2.75) is 16.5 Å². The molecule has 0 aliphatic carbocycles. The molecule has 174 valence electrons. The zero-order chi connectivity index (χ0) is 23.8. The molecule has 0 aliphatic rings. The zero-order valence-electron chi connectivity index (χ0n) is 18.8. The van der Waals surface area contributed by atoms with Gasteiger partial charge in [-0.05, 0) is 54.1 Å². The third-order valence-electron chi connectivity index (χ3n) is 4.76. The van der Waals surface area contributed by atoms with Gasteiger partial charge in [0.1, 0.15) is 27.3 Å². The normalized spacial score (nSPS) is 10.5. The number of benzene rings is 3. The van der Waals surface area contributed by atoms with E-state index in [0.717, 1.165) is 38.6 Å². The van der Waals surface area contributed by atoms with E-state index in [1.807, 2.05) is 78.2 Å². The fourth-order valence-corrected chi connectivity index (χ4v) is 4.91. The first-order chi connectivity index (χ1) is 16.6. The first-order valence-corrected chi connectivity index (χ1v) is 12.4. The molecule has 0 radical (unpaired) electrons. The molecular formula is C26H24N2O4S2. The van der Waals surface area contributed by atoms with E-state index in [2.05, 4.69) is 10.3 Å². The van der Waals surface area contributed by atoms with E-state index >= 15 is 0 Å². The molecule has 0 bridgehead atoms. The Morgan fingerprint density at radius 3 is 2.26 bits per heavy atom. The summed E-state index contributed by atoms with van der Waals surface area (Å²) in [5, 5.41) is 4.83. The van der Waals surface area contributed by atoms with E-state index in [4.69, 9.17) is 14.2 Å². The Balaban J connectivity index is 1.28. The number of anilines is 1. The van der Waals surface area contributed by atoms with Crippen molar-refractivity contribution < 1.29 is 19.0 Å². The summed E-state index contributed by atoms with van der Waals surface area (Å²) in [5.41, 5.74) is 2.54. The summed E-state index contributed by atoms with van der Waals surface area (Å²) in [6.07, 6.45) is 0.215. The molecule has 1 heterocycles. The largest absolute Gasteiger partial charge is 0.497 e. The van der Waals surface area contributed by atoms with Gasteiger partial charge in [-0.15, -0.1) is 11.3 Å².